The maximum atomic E-state index is 15.1. The maximum Gasteiger partial charge on any atom is 0.417 e. The molecular formula is C38H35F4N3O4. The molecule has 1 saturated heterocycles. The first-order chi connectivity index (χ1) is 23.3. The van der Waals surface area contributed by atoms with E-state index < -0.39 is 46.6 Å². The number of aryl methyl sites for hydroxylation is 2. The summed E-state index contributed by atoms with van der Waals surface area (Å²) in [5.74, 6) is -3.08. The first-order valence-electron chi connectivity index (χ1n) is 16.1. The van der Waals surface area contributed by atoms with Gasteiger partial charge in [0, 0.05) is 25.4 Å². The summed E-state index contributed by atoms with van der Waals surface area (Å²) in [6, 6.07) is 16.8. The number of alkyl halides is 3. The number of hydrogen-bond acceptors (Lipinski definition) is 4. The summed E-state index contributed by atoms with van der Waals surface area (Å²) >= 11 is 0. The molecule has 1 aliphatic rings. The molecule has 0 radical (unpaired) electrons. The Morgan fingerprint density at radius 2 is 1.61 bits per heavy atom. The number of carbonyl (C=O) groups is 2. The number of benzene rings is 4. The smallest absolute Gasteiger partial charge is 0.417 e. The number of amides is 1. The molecule has 1 aromatic heterocycles. The molecule has 0 bridgehead atoms. The van der Waals surface area contributed by atoms with E-state index in [2.05, 4.69) is 10.2 Å². The van der Waals surface area contributed by atoms with Crippen LogP contribution >= 0.6 is 0 Å². The predicted molar refractivity (Wildman–Crippen MR) is 180 cm³/mol. The number of hydrogen-bond donors (Lipinski definition) is 2. The van der Waals surface area contributed by atoms with Crippen molar-refractivity contribution in [3.05, 3.63) is 117 Å². The van der Waals surface area contributed by atoms with Gasteiger partial charge >= 0.3 is 12.1 Å². The zero-order valence-corrected chi connectivity index (χ0v) is 27.0. The highest BCUT2D eigenvalue weighted by atomic mass is 19.4. The summed E-state index contributed by atoms with van der Waals surface area (Å²) < 4.78 is 61.1. The normalized spacial score (nSPS) is 14.7. The van der Waals surface area contributed by atoms with Crippen LogP contribution in [0.3, 0.4) is 0 Å². The minimum atomic E-state index is -4.88. The van der Waals surface area contributed by atoms with E-state index in [1.165, 1.54) is 48.9 Å². The molecule has 0 unspecified atom stereocenters. The molecule has 0 spiro atoms. The summed E-state index contributed by atoms with van der Waals surface area (Å²) in [7, 11) is 1.45. The molecule has 1 fully saturated rings. The van der Waals surface area contributed by atoms with E-state index in [9.17, 15) is 23.9 Å². The van der Waals surface area contributed by atoms with Crippen molar-refractivity contribution in [2.75, 3.05) is 13.1 Å². The molecule has 2 heterocycles. The molecule has 1 amide bonds. The summed E-state index contributed by atoms with van der Waals surface area (Å²) in [5.41, 5.74) is -0.962. The first-order valence-corrected chi connectivity index (χ1v) is 16.1. The lowest BCUT2D eigenvalue weighted by molar-refractivity contribution is -0.139. The Labute approximate surface area is 279 Å². The number of likely N-dealkylation sites (tertiary alicyclic amines) is 1. The monoisotopic (exact) mass is 673 g/mol. The Morgan fingerprint density at radius 3 is 2.31 bits per heavy atom. The van der Waals surface area contributed by atoms with E-state index in [1.54, 1.807) is 36.4 Å². The van der Waals surface area contributed by atoms with Crippen LogP contribution in [0.25, 0.3) is 32.8 Å². The lowest BCUT2D eigenvalue weighted by atomic mass is 9.90. The maximum absolute atomic E-state index is 15.1. The molecule has 2 N–H and O–H groups in total. The van der Waals surface area contributed by atoms with Crippen LogP contribution in [0.4, 0.5) is 17.6 Å². The lowest BCUT2D eigenvalue weighted by Crippen LogP contribution is -2.42. The number of carbonyl (C=O) groups excluding carboxylic acids is 1. The number of pyridine rings is 1. The number of nitrogens with one attached hydrogen (secondary N) is 1. The average molecular weight is 674 g/mol. The molecule has 0 aliphatic carbocycles. The van der Waals surface area contributed by atoms with Crippen LogP contribution in [0.1, 0.15) is 51.9 Å². The second-order valence-electron chi connectivity index (χ2n) is 12.6. The van der Waals surface area contributed by atoms with E-state index in [0.29, 0.717) is 28.4 Å². The third kappa shape index (κ3) is 6.67. The fourth-order valence-corrected chi connectivity index (χ4v) is 6.95. The molecule has 11 heteroatoms. The van der Waals surface area contributed by atoms with Gasteiger partial charge in [0.1, 0.15) is 11.9 Å². The SMILES string of the molecule is Cc1cccc(F)c1C(=O)N[C@@H](Cc1cccc2c(-c3c(C(F)(F)F)c4cc(CN5CCCCC5)ccc4n(C)c3=O)cccc12)C(=O)O. The van der Waals surface area contributed by atoms with Gasteiger partial charge in [0.25, 0.3) is 11.5 Å². The van der Waals surface area contributed by atoms with Crippen molar-refractivity contribution in [1.29, 1.82) is 0 Å². The number of nitrogens with zero attached hydrogens (tertiary/aromatic N) is 2. The minimum absolute atomic E-state index is 0.0495. The zero-order valence-electron chi connectivity index (χ0n) is 27.0. The molecule has 0 saturated carbocycles. The van der Waals surface area contributed by atoms with E-state index in [4.69, 9.17) is 0 Å². The van der Waals surface area contributed by atoms with Gasteiger partial charge in [0.2, 0.25) is 0 Å². The fourth-order valence-electron chi connectivity index (χ4n) is 6.95. The molecule has 1 atom stereocenters. The second-order valence-corrected chi connectivity index (χ2v) is 12.6. The highest BCUT2D eigenvalue weighted by Crippen LogP contribution is 2.42. The van der Waals surface area contributed by atoms with Crippen molar-refractivity contribution >= 4 is 33.6 Å². The molecule has 5 aromatic rings. The summed E-state index contributed by atoms with van der Waals surface area (Å²) in [4.78, 5) is 41.4. The van der Waals surface area contributed by atoms with Crippen molar-refractivity contribution in [3.8, 4) is 11.1 Å². The van der Waals surface area contributed by atoms with Crippen LogP contribution in [-0.2, 0) is 31.0 Å². The van der Waals surface area contributed by atoms with Crippen LogP contribution in [0.5, 0.6) is 0 Å². The Morgan fingerprint density at radius 1 is 0.918 bits per heavy atom. The second kappa shape index (κ2) is 13.5. The number of fused-ring (bicyclic) bond motifs is 2. The summed E-state index contributed by atoms with van der Waals surface area (Å²) in [6.07, 6.45) is -1.93. The number of halogens is 4. The zero-order chi connectivity index (χ0) is 35.0. The van der Waals surface area contributed by atoms with Crippen molar-refractivity contribution in [3.63, 3.8) is 0 Å². The standard InChI is InChI=1S/C38H35F4N3O4/c1-22-9-6-14-29(39)32(22)35(46)43-30(37(48)49)20-24-10-7-12-26-25(24)11-8-13-27(26)33-34(38(40,41)42)28-19-23(21-45-17-4-3-5-18-45)15-16-31(28)44(2)36(33)47/h6-16,19,30H,3-5,17-18,20-21H2,1-2H3,(H,43,46)(H,48,49)/t30-/m0/s1. The molecular weight excluding hydrogens is 638 g/mol. The van der Waals surface area contributed by atoms with Gasteiger partial charge in [-0.3, -0.25) is 14.5 Å². The predicted octanol–water partition coefficient (Wildman–Crippen LogP) is 7.24. The Bertz CT molecular complexity index is 2130. The fraction of sp³-hybridized carbons (Fsp3) is 0.289. The van der Waals surface area contributed by atoms with Gasteiger partial charge in [-0.15, -0.1) is 0 Å². The molecule has 7 nitrogen and oxygen atoms in total. The topological polar surface area (TPSA) is 91.6 Å². The van der Waals surface area contributed by atoms with Crippen LogP contribution in [0.15, 0.2) is 77.6 Å². The van der Waals surface area contributed by atoms with Gasteiger partial charge in [0.05, 0.1) is 22.2 Å². The van der Waals surface area contributed by atoms with Crippen LogP contribution in [0, 0.1) is 12.7 Å². The van der Waals surface area contributed by atoms with E-state index in [1.807, 2.05) is 0 Å². The quantitative estimate of drug-likeness (QED) is 0.170. The van der Waals surface area contributed by atoms with Gasteiger partial charge in [-0.25, -0.2) is 9.18 Å². The minimum Gasteiger partial charge on any atom is -0.480 e. The number of piperidine rings is 1. The van der Waals surface area contributed by atoms with E-state index in [-0.39, 0.29) is 28.5 Å². The summed E-state index contributed by atoms with van der Waals surface area (Å²) in [5, 5.41) is 13.0. The number of aromatic nitrogens is 1. The van der Waals surface area contributed by atoms with E-state index >= 15 is 13.2 Å². The Hall–Kier alpha value is -5.03. The molecule has 6 rings (SSSR count). The lowest BCUT2D eigenvalue weighted by Gasteiger charge is -2.27. The van der Waals surface area contributed by atoms with Crippen molar-refractivity contribution in [2.24, 2.45) is 7.05 Å². The highest BCUT2D eigenvalue weighted by Gasteiger charge is 2.38. The van der Waals surface area contributed by atoms with Crippen LogP contribution in [0.2, 0.25) is 0 Å². The number of carboxylic acid groups (broad SMARTS) is 1. The average Bonchev–Trinajstić information content (AvgIpc) is 3.05. The van der Waals surface area contributed by atoms with Crippen molar-refractivity contribution < 1.29 is 32.3 Å². The van der Waals surface area contributed by atoms with Crippen molar-refractivity contribution in [2.45, 2.75) is 51.4 Å². The van der Waals surface area contributed by atoms with Gasteiger partial charge in [-0.2, -0.15) is 13.2 Å². The van der Waals surface area contributed by atoms with Gasteiger partial charge in [0.15, 0.2) is 0 Å². The third-order valence-electron chi connectivity index (χ3n) is 9.36. The Balaban J connectivity index is 1.46. The number of aliphatic carboxylic acids is 1. The van der Waals surface area contributed by atoms with Crippen LogP contribution in [-0.4, -0.2) is 45.6 Å². The largest absolute Gasteiger partial charge is 0.480 e. The molecule has 254 valence electrons. The molecule has 49 heavy (non-hydrogen) atoms. The van der Waals surface area contributed by atoms with Gasteiger partial charge in [-0.05, 0) is 84.1 Å². The number of rotatable bonds is 8. The van der Waals surface area contributed by atoms with Crippen molar-refractivity contribution in [1.82, 2.24) is 14.8 Å². The number of carboxylic acids is 1. The third-order valence-corrected chi connectivity index (χ3v) is 9.36. The van der Waals surface area contributed by atoms with Crippen LogP contribution < -0.4 is 10.9 Å². The highest BCUT2D eigenvalue weighted by molar-refractivity contribution is 6.02. The van der Waals surface area contributed by atoms with Gasteiger partial charge in [-0.1, -0.05) is 61.0 Å². The first kappa shape index (κ1) is 33.9. The molecule has 1 aliphatic heterocycles. The molecule has 4 aromatic carbocycles. The summed E-state index contributed by atoms with van der Waals surface area (Å²) in [6.45, 7) is 3.77. The Kier molecular flexibility index (Phi) is 9.30. The van der Waals surface area contributed by atoms with Gasteiger partial charge < -0.3 is 15.0 Å². The van der Waals surface area contributed by atoms with E-state index in [0.717, 1.165) is 44.0 Å².